The summed E-state index contributed by atoms with van der Waals surface area (Å²) in [7, 11) is 0. The number of halogens is 2. The minimum atomic E-state index is -0.368. The van der Waals surface area contributed by atoms with Gasteiger partial charge < -0.3 is 4.42 Å². The van der Waals surface area contributed by atoms with Crippen molar-refractivity contribution in [3.05, 3.63) is 72.0 Å². The Balaban J connectivity index is 1.91. The Hall–Kier alpha value is -2.59. The molecule has 0 aliphatic heterocycles. The van der Waals surface area contributed by atoms with E-state index >= 15 is 0 Å². The maximum absolute atomic E-state index is 14.0. The number of rotatable bonds is 2. The summed E-state index contributed by atoms with van der Waals surface area (Å²) in [5.74, 6) is -0.368. The molecule has 0 atom stereocenters. The zero-order chi connectivity index (χ0) is 16.7. The first kappa shape index (κ1) is 15.0. The van der Waals surface area contributed by atoms with Gasteiger partial charge in [0.05, 0.1) is 45.9 Å². The predicted molar refractivity (Wildman–Crippen MR) is 101 cm³/mol. The Morgan fingerprint density at radius 3 is 2.29 bits per heavy atom. The second-order valence-corrected chi connectivity index (χ2v) is 6.28. The predicted octanol–water partition coefficient (Wildman–Crippen LogP) is 6.08. The molecule has 24 heavy (non-hydrogen) atoms. The van der Waals surface area contributed by atoms with E-state index < -0.39 is 0 Å². The van der Waals surface area contributed by atoms with Crippen LogP contribution in [0.4, 0.5) is 15.8 Å². The van der Waals surface area contributed by atoms with Crippen LogP contribution in [0.25, 0.3) is 21.9 Å². The van der Waals surface area contributed by atoms with Gasteiger partial charge in [-0.25, -0.2) is 4.39 Å². The van der Waals surface area contributed by atoms with Gasteiger partial charge in [-0.3, -0.25) is 3.11 Å². The number of hydrogen-bond donors (Lipinski definition) is 0. The summed E-state index contributed by atoms with van der Waals surface area (Å²) in [5, 5.41) is 10.5. The highest BCUT2D eigenvalue weighted by molar-refractivity contribution is 14.1. The summed E-state index contributed by atoms with van der Waals surface area (Å²) in [6, 6.07) is 20.1. The van der Waals surface area contributed by atoms with Crippen LogP contribution in [0.2, 0.25) is 0 Å². The van der Waals surface area contributed by atoms with Crippen LogP contribution in [-0.4, -0.2) is 0 Å². The molecular weight excluding hydrogens is 418 g/mol. The molecule has 116 valence electrons. The lowest BCUT2D eigenvalue weighted by Crippen LogP contribution is -2.00. The standard InChI is InChI=1S/C19H10FIN2O/c20-16-5-1-3-14-15-4-2-6-17(19(15)24-18(14)16)23(21)13-9-7-12(11-22)8-10-13/h1-10H. The molecule has 3 nitrogen and oxygen atoms in total. The van der Waals surface area contributed by atoms with Gasteiger partial charge in [0.25, 0.3) is 0 Å². The van der Waals surface area contributed by atoms with Gasteiger partial charge in [0, 0.05) is 10.8 Å². The lowest BCUT2D eigenvalue weighted by Gasteiger charge is -2.16. The third-order valence-corrected chi connectivity index (χ3v) is 4.97. The summed E-state index contributed by atoms with van der Waals surface area (Å²) in [6.45, 7) is 0. The van der Waals surface area contributed by atoms with E-state index in [4.69, 9.17) is 9.68 Å². The number of furan rings is 1. The first-order valence-corrected chi connectivity index (χ1v) is 8.21. The molecule has 4 aromatic rings. The number of nitrogens with zero attached hydrogens (tertiary/aromatic N) is 2. The van der Waals surface area contributed by atoms with E-state index in [9.17, 15) is 4.39 Å². The van der Waals surface area contributed by atoms with E-state index in [0.29, 0.717) is 11.1 Å². The molecule has 0 spiro atoms. The van der Waals surface area contributed by atoms with E-state index in [2.05, 4.69) is 28.9 Å². The molecule has 0 N–H and O–H groups in total. The fourth-order valence-corrected chi connectivity index (χ4v) is 3.43. The molecule has 0 saturated heterocycles. The number of fused-ring (bicyclic) bond motifs is 3. The number of benzene rings is 3. The van der Waals surface area contributed by atoms with Crippen molar-refractivity contribution in [3.63, 3.8) is 0 Å². The molecule has 0 radical (unpaired) electrons. The van der Waals surface area contributed by atoms with E-state index in [-0.39, 0.29) is 11.4 Å². The van der Waals surface area contributed by atoms with Crippen molar-refractivity contribution < 1.29 is 8.81 Å². The van der Waals surface area contributed by atoms with Crippen LogP contribution in [0.1, 0.15) is 5.56 Å². The molecule has 0 aliphatic rings. The third kappa shape index (κ3) is 2.31. The van der Waals surface area contributed by atoms with Gasteiger partial charge in [-0.1, -0.05) is 24.3 Å². The van der Waals surface area contributed by atoms with Gasteiger partial charge in [-0.15, -0.1) is 0 Å². The highest BCUT2D eigenvalue weighted by Gasteiger charge is 2.17. The average Bonchev–Trinajstić information content (AvgIpc) is 3.01. The van der Waals surface area contributed by atoms with Crippen LogP contribution in [0.15, 0.2) is 65.1 Å². The van der Waals surface area contributed by atoms with Crippen molar-refractivity contribution in [1.29, 1.82) is 5.26 Å². The largest absolute Gasteiger partial charge is 0.451 e. The van der Waals surface area contributed by atoms with E-state index in [1.54, 1.807) is 18.2 Å². The topological polar surface area (TPSA) is 40.2 Å². The van der Waals surface area contributed by atoms with Crippen LogP contribution in [-0.2, 0) is 0 Å². The summed E-state index contributed by atoms with van der Waals surface area (Å²) in [5.41, 5.74) is 3.24. The molecule has 0 amide bonds. The lowest BCUT2D eigenvalue weighted by atomic mass is 10.1. The third-order valence-electron chi connectivity index (χ3n) is 3.89. The van der Waals surface area contributed by atoms with Crippen molar-refractivity contribution >= 4 is 56.2 Å². The Bertz CT molecular complexity index is 1100. The smallest absolute Gasteiger partial charge is 0.171 e. The van der Waals surface area contributed by atoms with Gasteiger partial charge in [-0.05, 0) is 36.4 Å². The monoisotopic (exact) mass is 428 g/mol. The van der Waals surface area contributed by atoms with Crippen molar-refractivity contribution in [2.45, 2.75) is 0 Å². The molecule has 0 unspecified atom stereocenters. The van der Waals surface area contributed by atoms with Crippen molar-refractivity contribution in [2.75, 3.05) is 3.11 Å². The molecular formula is C19H10FIN2O. The van der Waals surface area contributed by atoms with Crippen LogP contribution in [0, 0.1) is 17.1 Å². The highest BCUT2D eigenvalue weighted by Crippen LogP contribution is 2.40. The molecule has 0 saturated carbocycles. The Labute approximate surface area is 151 Å². The fraction of sp³-hybridized carbons (Fsp3) is 0. The highest BCUT2D eigenvalue weighted by atomic mass is 127. The maximum Gasteiger partial charge on any atom is 0.171 e. The minimum Gasteiger partial charge on any atom is -0.451 e. The van der Waals surface area contributed by atoms with Crippen LogP contribution in [0.3, 0.4) is 0 Å². The van der Waals surface area contributed by atoms with Gasteiger partial charge in [0.1, 0.15) is 0 Å². The van der Waals surface area contributed by atoms with E-state index in [1.807, 2.05) is 39.5 Å². The second-order valence-electron chi connectivity index (χ2n) is 5.31. The van der Waals surface area contributed by atoms with E-state index in [1.165, 1.54) is 6.07 Å². The van der Waals surface area contributed by atoms with Crippen molar-refractivity contribution in [3.8, 4) is 6.07 Å². The van der Waals surface area contributed by atoms with E-state index in [0.717, 1.165) is 22.1 Å². The Morgan fingerprint density at radius 1 is 0.917 bits per heavy atom. The number of nitriles is 1. The quantitative estimate of drug-likeness (QED) is 0.287. The lowest BCUT2D eigenvalue weighted by molar-refractivity contribution is 0.584. The van der Waals surface area contributed by atoms with Gasteiger partial charge >= 0.3 is 0 Å². The normalized spacial score (nSPS) is 10.9. The minimum absolute atomic E-state index is 0.268. The molecule has 1 aromatic heterocycles. The molecule has 3 aromatic carbocycles. The zero-order valence-corrected chi connectivity index (χ0v) is 14.5. The molecule has 0 fully saturated rings. The Kier molecular flexibility index (Phi) is 3.62. The van der Waals surface area contributed by atoms with Crippen LogP contribution >= 0.6 is 22.9 Å². The molecule has 0 bridgehead atoms. The maximum atomic E-state index is 14.0. The molecule has 0 aliphatic carbocycles. The average molecular weight is 428 g/mol. The summed E-state index contributed by atoms with van der Waals surface area (Å²) in [6.07, 6.45) is 0. The number of anilines is 2. The Morgan fingerprint density at radius 2 is 1.58 bits per heavy atom. The number of para-hydroxylation sites is 2. The first-order valence-electron chi connectivity index (χ1n) is 7.25. The van der Waals surface area contributed by atoms with Gasteiger partial charge in [-0.2, -0.15) is 5.26 Å². The summed E-state index contributed by atoms with van der Waals surface area (Å²) < 4.78 is 21.8. The van der Waals surface area contributed by atoms with Crippen LogP contribution in [0.5, 0.6) is 0 Å². The molecule has 4 rings (SSSR count). The fourth-order valence-electron chi connectivity index (χ4n) is 2.73. The molecule has 5 heteroatoms. The summed E-state index contributed by atoms with van der Waals surface area (Å²) >= 11 is 2.18. The number of hydrogen-bond acceptors (Lipinski definition) is 3. The summed E-state index contributed by atoms with van der Waals surface area (Å²) in [4.78, 5) is 0. The van der Waals surface area contributed by atoms with Crippen LogP contribution < -0.4 is 3.11 Å². The second kappa shape index (κ2) is 5.80. The first-order chi connectivity index (χ1) is 11.7. The SMILES string of the molecule is N#Cc1ccc(N(I)c2cccc3c2oc2c(F)cccc23)cc1. The zero-order valence-electron chi connectivity index (χ0n) is 12.3. The molecule has 1 heterocycles. The van der Waals surface area contributed by atoms with Crippen molar-refractivity contribution in [2.24, 2.45) is 0 Å². The van der Waals surface area contributed by atoms with Crippen molar-refractivity contribution in [1.82, 2.24) is 0 Å². The van der Waals surface area contributed by atoms with Gasteiger partial charge in [0.2, 0.25) is 0 Å². The van der Waals surface area contributed by atoms with Gasteiger partial charge in [0.15, 0.2) is 17.0 Å².